The first-order valence-electron chi connectivity index (χ1n) is 13.6. The van der Waals surface area contributed by atoms with Crippen LogP contribution in [0.25, 0.3) is 11.1 Å². The minimum atomic E-state index is -2.47. The van der Waals surface area contributed by atoms with Crippen LogP contribution in [0.15, 0.2) is 121 Å². The molecule has 0 saturated carbocycles. The number of carbonyl (C=O) groups excluding carboxylic acids is 1. The predicted molar refractivity (Wildman–Crippen MR) is 161 cm³/mol. The van der Waals surface area contributed by atoms with Crippen LogP contribution in [-0.2, 0) is 17.4 Å². The van der Waals surface area contributed by atoms with E-state index in [0.29, 0.717) is 0 Å². The minimum Gasteiger partial charge on any atom is -1.00 e. The SMILES string of the molecule is Cc1cc(C)c(C(=O)[NH][Ti+2]([CH]2c3ccccc3-c3ccccc32)[SiH](c2ccccc2)c2ccccc2)c(C)c1.[Cl-].[Cl-]. The molecule has 0 fully saturated rings. The van der Waals surface area contributed by atoms with Crippen LogP contribution in [-0.4, -0.2) is 12.6 Å². The summed E-state index contributed by atoms with van der Waals surface area (Å²) in [4.78, 5) is 14.3. The summed E-state index contributed by atoms with van der Waals surface area (Å²) in [5.74, 6) is 0.0891. The van der Waals surface area contributed by atoms with E-state index in [4.69, 9.17) is 0 Å². The zero-order chi connectivity index (χ0) is 26.9. The number of benzene rings is 5. The summed E-state index contributed by atoms with van der Waals surface area (Å²) < 4.78 is 4.07. The third-order valence-corrected chi connectivity index (χ3v) is 21.4. The smallest absolute Gasteiger partial charge is 1.00 e. The van der Waals surface area contributed by atoms with E-state index < -0.39 is 24.0 Å². The Morgan fingerprint density at radius 2 is 1.05 bits per heavy atom. The molecule has 41 heavy (non-hydrogen) atoms. The van der Waals surface area contributed by atoms with Crippen LogP contribution in [0, 0.1) is 20.8 Å². The maximum absolute atomic E-state index is 14.3. The fraction of sp³-hybridized carbons (Fsp3) is 0.114. The van der Waals surface area contributed by atoms with Crippen molar-refractivity contribution in [2.24, 2.45) is 0 Å². The van der Waals surface area contributed by atoms with Crippen LogP contribution in [0.4, 0.5) is 0 Å². The van der Waals surface area contributed by atoms with Crippen molar-refractivity contribution >= 4 is 22.9 Å². The molecular weight excluding hydrogens is 597 g/mol. The third kappa shape index (κ3) is 6.02. The monoisotopic (exact) mass is 628 g/mol. The average Bonchev–Trinajstić information content (AvgIpc) is 3.28. The number of nitrogens with one attached hydrogen (secondary N) is 1. The fourth-order valence-electron chi connectivity index (χ4n) is 6.38. The summed E-state index contributed by atoms with van der Waals surface area (Å²) >= 11 is -2.47. The molecule has 5 aromatic rings. The van der Waals surface area contributed by atoms with Crippen molar-refractivity contribution in [2.75, 3.05) is 0 Å². The quantitative estimate of drug-likeness (QED) is 0.268. The molecule has 0 radical (unpaired) electrons. The standard InChI is InChI=1S/C13H9.C12H11Si.C10H13NO.2ClH.Ti/c1-3-7-12-10(5-1)9-11-6-2-4-8-13(11)12;1-3-7-11(8-4-1)13-12-9-5-2-6-10-12;1-6-4-7(2)9(10(11)12)8(3)5-6;;;/h1-9H;1-10,13H;4-5H,1-3H3,(H2,11,12);2*1H;/q;;;;;+3/p-3. The second-order valence-electron chi connectivity index (χ2n) is 10.5. The molecule has 0 unspecified atom stereocenters. The van der Waals surface area contributed by atoms with Gasteiger partial charge in [-0.15, -0.1) is 0 Å². The molecule has 1 N–H and O–H groups in total. The molecular formula is C35H32Cl2NOSiTi. The van der Waals surface area contributed by atoms with E-state index in [1.165, 1.54) is 38.2 Å². The molecule has 0 heterocycles. The van der Waals surface area contributed by atoms with E-state index in [9.17, 15) is 4.79 Å². The molecule has 6 heteroatoms. The summed E-state index contributed by atoms with van der Waals surface area (Å²) in [6.45, 7) is 4.41. The molecule has 5 aromatic carbocycles. The number of aryl methyl sites for hydroxylation is 3. The van der Waals surface area contributed by atoms with Crippen molar-refractivity contribution in [2.45, 2.75) is 25.0 Å². The molecule has 6 rings (SSSR count). The van der Waals surface area contributed by atoms with Gasteiger partial charge in [0.05, 0.1) is 0 Å². The Kier molecular flexibility index (Phi) is 10.1. The molecule has 1 amide bonds. The van der Waals surface area contributed by atoms with Crippen molar-refractivity contribution in [3.63, 3.8) is 0 Å². The summed E-state index contributed by atoms with van der Waals surface area (Å²) in [5, 5.41) is 2.80. The van der Waals surface area contributed by atoms with Gasteiger partial charge in [-0.25, -0.2) is 0 Å². The van der Waals surface area contributed by atoms with Gasteiger partial charge in [-0.1, -0.05) is 0 Å². The molecule has 0 spiro atoms. The Labute approximate surface area is 263 Å². The molecule has 0 atom stereocenters. The van der Waals surface area contributed by atoms with Crippen molar-refractivity contribution in [3.05, 3.63) is 155 Å². The van der Waals surface area contributed by atoms with Crippen molar-refractivity contribution in [3.8, 4) is 11.1 Å². The van der Waals surface area contributed by atoms with Crippen molar-refractivity contribution in [1.82, 2.24) is 3.80 Å². The van der Waals surface area contributed by atoms with Crippen LogP contribution in [0.1, 0.15) is 42.4 Å². The Hall–Kier alpha value is -2.92. The molecule has 0 aromatic heterocycles. The number of fused-ring (bicyclic) bond motifs is 3. The van der Waals surface area contributed by atoms with Crippen LogP contribution in [0.2, 0.25) is 0 Å². The number of amides is 1. The van der Waals surface area contributed by atoms with Crippen LogP contribution < -0.4 is 39.0 Å². The van der Waals surface area contributed by atoms with Gasteiger partial charge in [0.1, 0.15) is 0 Å². The molecule has 0 aliphatic heterocycles. The Morgan fingerprint density at radius 3 is 1.51 bits per heavy atom. The zero-order valence-corrected chi connectivity index (χ0v) is 27.6. The molecule has 0 saturated heterocycles. The van der Waals surface area contributed by atoms with Gasteiger partial charge < -0.3 is 24.8 Å². The van der Waals surface area contributed by atoms with Gasteiger partial charge in [-0.3, -0.25) is 0 Å². The van der Waals surface area contributed by atoms with E-state index in [-0.39, 0.29) is 34.9 Å². The normalized spacial score (nSPS) is 11.6. The van der Waals surface area contributed by atoms with Gasteiger partial charge in [-0.2, -0.15) is 0 Å². The van der Waals surface area contributed by atoms with Gasteiger partial charge in [0.15, 0.2) is 0 Å². The molecule has 0 bridgehead atoms. The first-order chi connectivity index (χ1) is 19.0. The van der Waals surface area contributed by atoms with Gasteiger partial charge in [0.2, 0.25) is 0 Å². The second-order valence-corrected chi connectivity index (χ2v) is 20.7. The topological polar surface area (TPSA) is 29.1 Å². The maximum Gasteiger partial charge on any atom is -1.00 e. The van der Waals surface area contributed by atoms with Gasteiger partial charge >= 0.3 is 240 Å². The number of rotatable bonds is 6. The Bertz CT molecular complexity index is 1550. The van der Waals surface area contributed by atoms with Crippen LogP contribution in [0.3, 0.4) is 0 Å². The van der Waals surface area contributed by atoms with Gasteiger partial charge in [0, 0.05) is 0 Å². The molecule has 2 nitrogen and oxygen atoms in total. The minimum absolute atomic E-state index is 0. The van der Waals surface area contributed by atoms with E-state index in [1.54, 1.807) is 0 Å². The number of carbonyl (C=O) groups is 1. The largest absolute Gasteiger partial charge is 1.00 e. The van der Waals surface area contributed by atoms with Crippen LogP contribution in [0.5, 0.6) is 0 Å². The fourth-order valence-corrected chi connectivity index (χ4v) is 21.3. The van der Waals surface area contributed by atoms with E-state index in [2.05, 4.69) is 146 Å². The molecule has 1 aliphatic rings. The summed E-state index contributed by atoms with van der Waals surface area (Å²) in [6, 6.07) is 43.9. The van der Waals surface area contributed by atoms with Gasteiger partial charge in [0.25, 0.3) is 0 Å². The Balaban J connectivity index is 0.00000194. The maximum atomic E-state index is 14.3. The van der Waals surface area contributed by atoms with E-state index >= 15 is 0 Å². The first kappa shape index (κ1) is 31.0. The summed E-state index contributed by atoms with van der Waals surface area (Å²) in [7, 11) is 0. The van der Waals surface area contributed by atoms with Crippen molar-refractivity contribution in [1.29, 1.82) is 0 Å². The third-order valence-electron chi connectivity index (χ3n) is 7.88. The molecule has 1 aliphatic carbocycles. The second kappa shape index (κ2) is 13.4. The first-order valence-corrected chi connectivity index (χ1v) is 19.7. The summed E-state index contributed by atoms with van der Waals surface area (Å²) in [6.07, 6.45) is 0. The van der Waals surface area contributed by atoms with E-state index in [0.717, 1.165) is 16.7 Å². The average molecular weight is 630 g/mol. The molecule has 205 valence electrons. The van der Waals surface area contributed by atoms with Crippen LogP contribution >= 0.6 is 0 Å². The Morgan fingerprint density at radius 1 is 0.634 bits per heavy atom. The predicted octanol–water partition coefficient (Wildman–Crippen LogP) is 0.191. The van der Waals surface area contributed by atoms with Gasteiger partial charge in [-0.05, 0) is 0 Å². The zero-order valence-electron chi connectivity index (χ0n) is 23.4. The number of hydrogen-bond acceptors (Lipinski definition) is 1. The summed E-state index contributed by atoms with van der Waals surface area (Å²) in [5.41, 5.74) is 9.49. The van der Waals surface area contributed by atoms with Crippen molar-refractivity contribution < 1.29 is 47.0 Å². The van der Waals surface area contributed by atoms with E-state index in [1.807, 2.05) is 0 Å². The number of halogens is 2. The number of hydrogen-bond donors (Lipinski definition) is 1.